The summed E-state index contributed by atoms with van der Waals surface area (Å²) >= 11 is 0. The first-order chi connectivity index (χ1) is 25.8. The van der Waals surface area contributed by atoms with Gasteiger partial charge in [-0.15, -0.1) is 0 Å². The van der Waals surface area contributed by atoms with E-state index >= 15 is 0 Å². The maximum Gasteiger partial charge on any atom is 0.0714 e. The molecule has 11 aromatic rings. The second kappa shape index (κ2) is 11.2. The lowest BCUT2D eigenvalue weighted by molar-refractivity contribution is 1.18. The summed E-state index contributed by atoms with van der Waals surface area (Å²) in [6.07, 6.45) is 3.78. The molecular formula is C48H30N4. The number of benzene rings is 7. The van der Waals surface area contributed by atoms with E-state index in [9.17, 15) is 0 Å². The number of rotatable bonds is 4. The molecule has 242 valence electrons. The number of para-hydroxylation sites is 4. The fraction of sp³-hybridized carbons (Fsp3) is 0. The lowest BCUT2D eigenvalue weighted by atomic mass is 9.88. The second-order valence-corrected chi connectivity index (χ2v) is 13.4. The van der Waals surface area contributed by atoms with Gasteiger partial charge in [-0.1, -0.05) is 97.1 Å². The van der Waals surface area contributed by atoms with E-state index in [0.717, 1.165) is 55.4 Å². The molecule has 4 heteroatoms. The van der Waals surface area contributed by atoms with Crippen molar-refractivity contribution in [1.82, 2.24) is 19.1 Å². The van der Waals surface area contributed by atoms with E-state index in [1.54, 1.807) is 0 Å². The zero-order chi connectivity index (χ0) is 34.2. The molecule has 0 aliphatic rings. The van der Waals surface area contributed by atoms with E-state index in [1.165, 1.54) is 43.6 Å². The van der Waals surface area contributed by atoms with Crippen LogP contribution >= 0.6 is 0 Å². The highest BCUT2D eigenvalue weighted by Gasteiger charge is 2.21. The van der Waals surface area contributed by atoms with Gasteiger partial charge >= 0.3 is 0 Å². The average Bonchev–Trinajstić information content (AvgIpc) is 3.73. The number of fused-ring (bicyclic) bond motifs is 8. The van der Waals surface area contributed by atoms with E-state index in [-0.39, 0.29) is 0 Å². The van der Waals surface area contributed by atoms with Gasteiger partial charge in [0.2, 0.25) is 0 Å². The molecule has 4 aromatic heterocycles. The van der Waals surface area contributed by atoms with Gasteiger partial charge in [0.1, 0.15) is 0 Å². The Hall–Kier alpha value is -7.04. The molecule has 7 aromatic carbocycles. The highest BCUT2D eigenvalue weighted by molar-refractivity contribution is 6.22. The molecule has 0 amide bonds. The summed E-state index contributed by atoms with van der Waals surface area (Å²) in [5.74, 6) is 0. The van der Waals surface area contributed by atoms with Gasteiger partial charge < -0.3 is 9.13 Å². The van der Waals surface area contributed by atoms with Crippen molar-refractivity contribution < 1.29 is 0 Å². The highest BCUT2D eigenvalue weighted by Crippen LogP contribution is 2.45. The molecule has 52 heavy (non-hydrogen) atoms. The zero-order valence-electron chi connectivity index (χ0n) is 28.1. The van der Waals surface area contributed by atoms with Gasteiger partial charge in [0.05, 0.1) is 33.5 Å². The van der Waals surface area contributed by atoms with Crippen LogP contribution in [0.3, 0.4) is 0 Å². The summed E-state index contributed by atoms with van der Waals surface area (Å²) in [7, 11) is 0. The zero-order valence-corrected chi connectivity index (χ0v) is 28.1. The van der Waals surface area contributed by atoms with Crippen molar-refractivity contribution in [3.05, 3.63) is 182 Å². The molecule has 11 rings (SSSR count). The highest BCUT2D eigenvalue weighted by atomic mass is 15.0. The monoisotopic (exact) mass is 662 g/mol. The summed E-state index contributed by atoms with van der Waals surface area (Å²) in [5, 5.41) is 9.52. The summed E-state index contributed by atoms with van der Waals surface area (Å²) in [6, 6.07) is 60.9. The molecule has 4 nitrogen and oxygen atoms in total. The number of hydrogen-bond donors (Lipinski definition) is 0. The van der Waals surface area contributed by atoms with Crippen LogP contribution in [0.5, 0.6) is 0 Å². The number of hydrogen-bond acceptors (Lipinski definition) is 2. The Kier molecular flexibility index (Phi) is 6.22. The summed E-state index contributed by atoms with van der Waals surface area (Å²) in [4.78, 5) is 9.94. The molecule has 0 saturated carbocycles. The molecule has 0 spiro atoms. The van der Waals surface area contributed by atoms with Gasteiger partial charge in [-0.3, -0.25) is 9.97 Å². The van der Waals surface area contributed by atoms with Gasteiger partial charge in [0, 0.05) is 56.4 Å². The summed E-state index contributed by atoms with van der Waals surface area (Å²) < 4.78 is 4.78. The molecule has 0 aliphatic carbocycles. The topological polar surface area (TPSA) is 35.6 Å². The van der Waals surface area contributed by atoms with Crippen LogP contribution in [0, 0.1) is 0 Å². The number of pyridine rings is 2. The summed E-state index contributed by atoms with van der Waals surface area (Å²) in [6.45, 7) is 0. The van der Waals surface area contributed by atoms with Crippen molar-refractivity contribution in [1.29, 1.82) is 0 Å². The molecule has 0 N–H and O–H groups in total. The predicted molar refractivity (Wildman–Crippen MR) is 217 cm³/mol. The fourth-order valence-corrected chi connectivity index (χ4v) is 8.46. The van der Waals surface area contributed by atoms with Gasteiger partial charge in [0.25, 0.3) is 0 Å². The first-order valence-corrected chi connectivity index (χ1v) is 17.7. The third-order valence-corrected chi connectivity index (χ3v) is 10.6. The molecule has 0 unspecified atom stereocenters. The van der Waals surface area contributed by atoms with Crippen LogP contribution < -0.4 is 0 Å². The lowest BCUT2D eigenvalue weighted by Gasteiger charge is -2.19. The fourth-order valence-electron chi connectivity index (χ4n) is 8.46. The summed E-state index contributed by atoms with van der Waals surface area (Å²) in [5.41, 5.74) is 11.1. The average molecular weight is 663 g/mol. The Bertz CT molecular complexity index is 2850. The smallest absolute Gasteiger partial charge is 0.0714 e. The molecule has 0 aliphatic heterocycles. The Morgan fingerprint density at radius 3 is 0.981 bits per heavy atom. The molecule has 0 atom stereocenters. The first kappa shape index (κ1) is 28.8. The quantitative estimate of drug-likeness (QED) is 0.176. The standard InChI is InChI=1S/C48H30N4/c1-5-19-43-33(13-1)34-14-2-6-20-44(34)51(43)31-23-25-37-39(29-31)47(41-17-9-11-27-49-41)38-26-24-32(30-40(38)48(37)42-18-10-12-28-50-42)52-45-21-7-3-15-35(45)36-16-4-8-22-46(36)52/h1-30H. The maximum absolute atomic E-state index is 4.97. The SMILES string of the molecule is c1ccc(-c2c3ccc(-n4c5ccccc5c5ccccc54)cc3c(-c3ccccn3)c3ccc(-n4c5ccccc5c5ccccc54)cc23)nc1. The van der Waals surface area contributed by atoms with Crippen molar-refractivity contribution in [3.8, 4) is 33.9 Å². The molecule has 4 heterocycles. The Morgan fingerprint density at radius 1 is 0.288 bits per heavy atom. The minimum atomic E-state index is 0.939. The second-order valence-electron chi connectivity index (χ2n) is 13.4. The van der Waals surface area contributed by atoms with E-state index < -0.39 is 0 Å². The molecule has 0 saturated heterocycles. The third kappa shape index (κ3) is 4.15. The van der Waals surface area contributed by atoms with Crippen molar-refractivity contribution in [2.75, 3.05) is 0 Å². The van der Waals surface area contributed by atoms with Crippen molar-refractivity contribution in [2.24, 2.45) is 0 Å². The Labute approximate surface area is 299 Å². The van der Waals surface area contributed by atoms with Gasteiger partial charge in [-0.2, -0.15) is 0 Å². The van der Waals surface area contributed by atoms with Crippen LogP contribution in [0.2, 0.25) is 0 Å². The molecule has 0 bridgehead atoms. The number of nitrogens with zero attached hydrogens (tertiary/aromatic N) is 4. The van der Waals surface area contributed by atoms with Crippen molar-refractivity contribution >= 4 is 65.2 Å². The Balaban J connectivity index is 1.28. The Morgan fingerprint density at radius 2 is 0.635 bits per heavy atom. The molecule has 0 fully saturated rings. The van der Waals surface area contributed by atoms with Crippen molar-refractivity contribution in [2.45, 2.75) is 0 Å². The van der Waals surface area contributed by atoms with Crippen LogP contribution in [-0.2, 0) is 0 Å². The van der Waals surface area contributed by atoms with Crippen molar-refractivity contribution in [3.63, 3.8) is 0 Å². The van der Waals surface area contributed by atoms with Gasteiger partial charge in [-0.05, 0) is 94.3 Å². The first-order valence-electron chi connectivity index (χ1n) is 17.7. The van der Waals surface area contributed by atoms with Gasteiger partial charge in [0.15, 0.2) is 0 Å². The normalized spacial score (nSPS) is 11.8. The number of aromatic nitrogens is 4. The lowest BCUT2D eigenvalue weighted by Crippen LogP contribution is -1.99. The van der Waals surface area contributed by atoms with Crippen LogP contribution in [0.1, 0.15) is 0 Å². The minimum Gasteiger partial charge on any atom is -0.309 e. The third-order valence-electron chi connectivity index (χ3n) is 10.6. The van der Waals surface area contributed by atoms with Crippen LogP contribution in [0.15, 0.2) is 182 Å². The van der Waals surface area contributed by atoms with Crippen LogP contribution in [-0.4, -0.2) is 19.1 Å². The largest absolute Gasteiger partial charge is 0.309 e. The van der Waals surface area contributed by atoms with Crippen LogP contribution in [0.25, 0.3) is 99.0 Å². The molecular weight excluding hydrogens is 633 g/mol. The van der Waals surface area contributed by atoms with E-state index in [4.69, 9.17) is 9.97 Å². The van der Waals surface area contributed by atoms with E-state index in [2.05, 4.69) is 167 Å². The molecule has 0 radical (unpaired) electrons. The minimum absolute atomic E-state index is 0.939. The van der Waals surface area contributed by atoms with E-state index in [1.807, 2.05) is 24.5 Å². The van der Waals surface area contributed by atoms with Gasteiger partial charge in [-0.25, -0.2) is 0 Å². The van der Waals surface area contributed by atoms with Crippen LogP contribution in [0.4, 0.5) is 0 Å². The predicted octanol–water partition coefficient (Wildman–Crippen LogP) is 12.3. The maximum atomic E-state index is 4.97. The van der Waals surface area contributed by atoms with E-state index in [0.29, 0.717) is 0 Å².